The normalized spacial score (nSPS) is 10.1. The zero-order valence-electron chi connectivity index (χ0n) is 9.69. The van der Waals surface area contributed by atoms with E-state index in [9.17, 15) is 0 Å². The first-order valence-electron chi connectivity index (χ1n) is 5.87. The molecular formula is C14H15N3. The molecule has 0 spiro atoms. The molecule has 1 aromatic heterocycles. The van der Waals surface area contributed by atoms with Gasteiger partial charge in [-0.1, -0.05) is 18.2 Å². The molecule has 0 saturated heterocycles. The van der Waals surface area contributed by atoms with E-state index in [0.717, 1.165) is 36.1 Å². The van der Waals surface area contributed by atoms with Crippen LogP contribution in [-0.2, 0) is 0 Å². The monoisotopic (exact) mass is 225 g/mol. The molecule has 0 saturated carbocycles. The molecule has 2 rings (SSSR count). The van der Waals surface area contributed by atoms with Crippen LogP contribution in [0.2, 0.25) is 0 Å². The van der Waals surface area contributed by atoms with E-state index in [1.54, 1.807) is 0 Å². The van der Waals surface area contributed by atoms with Crippen LogP contribution in [-0.4, -0.2) is 11.5 Å². The fourth-order valence-electron chi connectivity index (χ4n) is 1.71. The van der Waals surface area contributed by atoms with Gasteiger partial charge >= 0.3 is 0 Å². The predicted molar refractivity (Wildman–Crippen MR) is 69.7 cm³/mol. The Labute approximate surface area is 101 Å². The Morgan fingerprint density at radius 2 is 2.00 bits per heavy atom. The van der Waals surface area contributed by atoms with Crippen LogP contribution in [0.25, 0.3) is 10.9 Å². The lowest BCUT2D eigenvalue weighted by Gasteiger charge is -2.05. The van der Waals surface area contributed by atoms with Crippen LogP contribution in [0.3, 0.4) is 0 Å². The average molecular weight is 225 g/mol. The van der Waals surface area contributed by atoms with Crippen molar-refractivity contribution in [2.75, 3.05) is 11.9 Å². The van der Waals surface area contributed by atoms with Crippen molar-refractivity contribution in [3.8, 4) is 6.07 Å². The Kier molecular flexibility index (Phi) is 3.93. The molecule has 86 valence electrons. The van der Waals surface area contributed by atoms with Crippen LogP contribution in [0, 0.1) is 11.3 Å². The van der Waals surface area contributed by atoms with E-state index in [2.05, 4.69) is 28.5 Å². The smallest absolute Gasteiger partial charge is 0.126 e. The van der Waals surface area contributed by atoms with Gasteiger partial charge in [0.1, 0.15) is 5.82 Å². The van der Waals surface area contributed by atoms with Gasteiger partial charge in [0.05, 0.1) is 11.6 Å². The Balaban J connectivity index is 1.93. The van der Waals surface area contributed by atoms with Crippen LogP contribution < -0.4 is 5.32 Å². The summed E-state index contributed by atoms with van der Waals surface area (Å²) in [5.74, 6) is 0.903. The molecule has 0 aliphatic heterocycles. The maximum atomic E-state index is 8.42. The van der Waals surface area contributed by atoms with Gasteiger partial charge < -0.3 is 5.32 Å². The molecule has 3 nitrogen and oxygen atoms in total. The number of pyridine rings is 1. The number of hydrogen-bond acceptors (Lipinski definition) is 3. The highest BCUT2D eigenvalue weighted by molar-refractivity contribution is 5.79. The number of nitrogens with zero attached hydrogens (tertiary/aromatic N) is 2. The number of para-hydroxylation sites is 1. The number of nitrogens with one attached hydrogen (secondary N) is 1. The predicted octanol–water partition coefficient (Wildman–Crippen LogP) is 3.34. The van der Waals surface area contributed by atoms with Gasteiger partial charge in [-0.3, -0.25) is 0 Å². The minimum absolute atomic E-state index is 0.632. The van der Waals surface area contributed by atoms with E-state index >= 15 is 0 Å². The summed E-state index contributed by atoms with van der Waals surface area (Å²) in [6.45, 7) is 0.868. The number of unbranched alkanes of at least 4 members (excludes halogenated alkanes) is 2. The van der Waals surface area contributed by atoms with Gasteiger partial charge in [-0.25, -0.2) is 4.98 Å². The molecule has 0 aliphatic rings. The van der Waals surface area contributed by atoms with E-state index in [1.807, 2.05) is 24.3 Å². The van der Waals surface area contributed by atoms with Crippen molar-refractivity contribution in [2.45, 2.75) is 19.3 Å². The standard InChI is InChI=1S/C14H15N3/c15-10-4-1-5-11-16-14-9-8-12-6-2-3-7-13(12)17-14/h2-3,6-9H,1,4-5,11H2,(H,16,17). The molecule has 0 bridgehead atoms. The zero-order chi connectivity index (χ0) is 11.9. The van der Waals surface area contributed by atoms with Crippen molar-refractivity contribution in [1.29, 1.82) is 5.26 Å². The minimum atomic E-state index is 0.632. The SMILES string of the molecule is N#CCCCCNc1ccc2ccccc2n1. The van der Waals surface area contributed by atoms with E-state index in [-0.39, 0.29) is 0 Å². The van der Waals surface area contributed by atoms with Gasteiger partial charge in [-0.15, -0.1) is 0 Å². The zero-order valence-corrected chi connectivity index (χ0v) is 9.69. The summed E-state index contributed by atoms with van der Waals surface area (Å²) in [5, 5.41) is 12.8. The molecule has 17 heavy (non-hydrogen) atoms. The summed E-state index contributed by atoms with van der Waals surface area (Å²) in [7, 11) is 0. The number of fused-ring (bicyclic) bond motifs is 1. The van der Waals surface area contributed by atoms with E-state index in [0.29, 0.717) is 6.42 Å². The summed E-state index contributed by atoms with van der Waals surface area (Å²) in [5.41, 5.74) is 1.01. The van der Waals surface area contributed by atoms with Gasteiger partial charge in [0.15, 0.2) is 0 Å². The van der Waals surface area contributed by atoms with Crippen LogP contribution in [0.15, 0.2) is 36.4 Å². The molecule has 0 fully saturated rings. The summed E-state index contributed by atoms with van der Waals surface area (Å²) in [6.07, 6.45) is 2.58. The molecule has 0 radical (unpaired) electrons. The Morgan fingerprint density at radius 3 is 2.88 bits per heavy atom. The highest BCUT2D eigenvalue weighted by Crippen LogP contribution is 2.14. The molecule has 0 amide bonds. The summed E-state index contributed by atoms with van der Waals surface area (Å²) < 4.78 is 0. The summed E-state index contributed by atoms with van der Waals surface area (Å²) in [4.78, 5) is 4.52. The van der Waals surface area contributed by atoms with Crippen molar-refractivity contribution in [1.82, 2.24) is 4.98 Å². The van der Waals surface area contributed by atoms with Gasteiger partial charge in [-0.05, 0) is 31.0 Å². The molecule has 1 N–H and O–H groups in total. The molecule has 2 aromatic rings. The lowest BCUT2D eigenvalue weighted by atomic mass is 10.2. The number of nitriles is 1. The van der Waals surface area contributed by atoms with Crippen molar-refractivity contribution >= 4 is 16.7 Å². The fraction of sp³-hybridized carbons (Fsp3) is 0.286. The number of benzene rings is 1. The Hall–Kier alpha value is -2.08. The third-order valence-corrected chi connectivity index (χ3v) is 2.62. The van der Waals surface area contributed by atoms with Crippen molar-refractivity contribution in [3.63, 3.8) is 0 Å². The molecular weight excluding hydrogens is 210 g/mol. The number of rotatable bonds is 5. The van der Waals surface area contributed by atoms with Crippen LogP contribution in [0.4, 0.5) is 5.82 Å². The van der Waals surface area contributed by atoms with Gasteiger partial charge in [-0.2, -0.15) is 5.26 Å². The van der Waals surface area contributed by atoms with Crippen molar-refractivity contribution < 1.29 is 0 Å². The molecule has 1 aromatic carbocycles. The van der Waals surface area contributed by atoms with Crippen LogP contribution in [0.1, 0.15) is 19.3 Å². The Bertz CT molecular complexity index is 528. The third kappa shape index (κ3) is 3.18. The topological polar surface area (TPSA) is 48.7 Å². The number of aromatic nitrogens is 1. The second-order valence-electron chi connectivity index (χ2n) is 3.93. The van der Waals surface area contributed by atoms with E-state index in [1.165, 1.54) is 0 Å². The van der Waals surface area contributed by atoms with Crippen molar-refractivity contribution in [2.24, 2.45) is 0 Å². The molecule has 0 atom stereocenters. The quantitative estimate of drug-likeness (QED) is 0.794. The van der Waals surface area contributed by atoms with E-state index < -0.39 is 0 Å². The van der Waals surface area contributed by atoms with Crippen LogP contribution >= 0.6 is 0 Å². The fourth-order valence-corrected chi connectivity index (χ4v) is 1.71. The Morgan fingerprint density at radius 1 is 1.12 bits per heavy atom. The summed E-state index contributed by atoms with van der Waals surface area (Å²) in [6, 6.07) is 14.3. The van der Waals surface area contributed by atoms with Gasteiger partial charge in [0.25, 0.3) is 0 Å². The summed E-state index contributed by atoms with van der Waals surface area (Å²) >= 11 is 0. The number of hydrogen-bond donors (Lipinski definition) is 1. The van der Waals surface area contributed by atoms with Gasteiger partial charge in [0, 0.05) is 18.4 Å². The lowest BCUT2D eigenvalue weighted by molar-refractivity contribution is 0.783. The van der Waals surface area contributed by atoms with Crippen molar-refractivity contribution in [3.05, 3.63) is 36.4 Å². The maximum absolute atomic E-state index is 8.42. The first-order valence-corrected chi connectivity index (χ1v) is 5.87. The molecule has 1 heterocycles. The lowest BCUT2D eigenvalue weighted by Crippen LogP contribution is -2.02. The largest absolute Gasteiger partial charge is 0.370 e. The molecule has 0 aliphatic carbocycles. The first-order chi connectivity index (χ1) is 8.40. The van der Waals surface area contributed by atoms with Crippen LogP contribution in [0.5, 0.6) is 0 Å². The minimum Gasteiger partial charge on any atom is -0.370 e. The highest BCUT2D eigenvalue weighted by Gasteiger charge is 1.96. The number of anilines is 1. The second kappa shape index (κ2) is 5.86. The third-order valence-electron chi connectivity index (χ3n) is 2.62. The highest BCUT2D eigenvalue weighted by atomic mass is 15.0. The molecule has 0 unspecified atom stereocenters. The second-order valence-corrected chi connectivity index (χ2v) is 3.93. The molecule has 3 heteroatoms. The van der Waals surface area contributed by atoms with E-state index in [4.69, 9.17) is 5.26 Å². The average Bonchev–Trinajstić information content (AvgIpc) is 2.38. The first kappa shape index (κ1) is 11.4. The van der Waals surface area contributed by atoms with Gasteiger partial charge in [0.2, 0.25) is 0 Å². The maximum Gasteiger partial charge on any atom is 0.126 e.